The van der Waals surface area contributed by atoms with E-state index in [-0.39, 0.29) is 17.1 Å². The summed E-state index contributed by atoms with van der Waals surface area (Å²) in [6, 6.07) is 6.14. The van der Waals surface area contributed by atoms with E-state index in [1.54, 1.807) is 17.0 Å². The van der Waals surface area contributed by atoms with Gasteiger partial charge in [0.15, 0.2) is 5.89 Å². The molecule has 1 amide bonds. The minimum atomic E-state index is -0.314. The van der Waals surface area contributed by atoms with Gasteiger partial charge in [-0.2, -0.15) is 0 Å². The van der Waals surface area contributed by atoms with Crippen molar-refractivity contribution in [2.45, 2.75) is 39.2 Å². The number of benzene rings is 1. The molecule has 130 valence electrons. The number of halogens is 1. The molecule has 1 aliphatic heterocycles. The summed E-state index contributed by atoms with van der Waals surface area (Å²) in [5.74, 6) is 1.15. The predicted molar refractivity (Wildman–Crippen MR) is 91.9 cm³/mol. The van der Waals surface area contributed by atoms with Crippen LogP contribution in [0.1, 0.15) is 48.6 Å². The molecule has 3 heterocycles. The lowest BCUT2D eigenvalue weighted by atomic mass is 9.97. The maximum absolute atomic E-state index is 13.3. The van der Waals surface area contributed by atoms with Gasteiger partial charge in [-0.25, -0.2) is 9.37 Å². The molecule has 5 nitrogen and oxygen atoms in total. The number of rotatable bonds is 1. The molecular weight excluding hydrogens is 321 g/mol. The van der Waals surface area contributed by atoms with E-state index in [1.165, 1.54) is 12.1 Å². The van der Waals surface area contributed by atoms with Crippen molar-refractivity contribution in [1.82, 2.24) is 14.9 Å². The summed E-state index contributed by atoms with van der Waals surface area (Å²) in [7, 11) is 0. The van der Waals surface area contributed by atoms with Crippen molar-refractivity contribution in [3.63, 3.8) is 0 Å². The number of H-pyrrole nitrogens is 1. The van der Waals surface area contributed by atoms with Crippen molar-refractivity contribution < 1.29 is 13.6 Å². The Hall–Kier alpha value is -2.63. The number of aromatic amines is 1. The third-order valence-electron chi connectivity index (χ3n) is 4.47. The Morgan fingerprint density at radius 1 is 1.32 bits per heavy atom. The number of carbonyl (C=O) groups is 1. The maximum atomic E-state index is 13.3. The number of hydrogen-bond donors (Lipinski definition) is 1. The Kier molecular flexibility index (Phi) is 3.45. The van der Waals surface area contributed by atoms with E-state index in [2.05, 4.69) is 30.7 Å². The van der Waals surface area contributed by atoms with Crippen molar-refractivity contribution in [2.24, 2.45) is 0 Å². The van der Waals surface area contributed by atoms with Gasteiger partial charge in [-0.15, -0.1) is 0 Å². The number of nitrogens with one attached hydrogen (secondary N) is 1. The van der Waals surface area contributed by atoms with E-state index in [9.17, 15) is 9.18 Å². The molecule has 0 bridgehead atoms. The third-order valence-corrected chi connectivity index (χ3v) is 4.47. The summed E-state index contributed by atoms with van der Waals surface area (Å²) >= 11 is 0. The summed E-state index contributed by atoms with van der Waals surface area (Å²) < 4.78 is 19.2. The van der Waals surface area contributed by atoms with Gasteiger partial charge in [0.05, 0.1) is 6.54 Å². The van der Waals surface area contributed by atoms with Gasteiger partial charge >= 0.3 is 0 Å². The SMILES string of the molecule is CC(C)(C)c1nc2c(o1)CCN(C(=O)c1cc3cc(F)ccc3[nH]1)C2. The second kappa shape index (κ2) is 5.44. The topological polar surface area (TPSA) is 62.1 Å². The molecule has 1 aliphatic rings. The Labute approximate surface area is 144 Å². The van der Waals surface area contributed by atoms with Gasteiger partial charge in [0.2, 0.25) is 0 Å². The first-order valence-corrected chi connectivity index (χ1v) is 8.38. The maximum Gasteiger partial charge on any atom is 0.270 e. The Bertz CT molecular complexity index is 965. The lowest BCUT2D eigenvalue weighted by Crippen LogP contribution is -2.36. The summed E-state index contributed by atoms with van der Waals surface area (Å²) in [5.41, 5.74) is 1.88. The second-order valence-electron chi connectivity index (χ2n) is 7.53. The van der Waals surface area contributed by atoms with Crippen molar-refractivity contribution >= 4 is 16.8 Å². The first-order chi connectivity index (χ1) is 11.8. The molecule has 0 unspecified atom stereocenters. The molecule has 3 aromatic rings. The standard InChI is InChI=1S/C19H20FN3O2/c1-19(2,3)18-22-15-10-23(7-6-16(15)25-18)17(24)14-9-11-8-12(20)4-5-13(11)21-14/h4-5,8-9,21H,6-7,10H2,1-3H3. The van der Waals surface area contributed by atoms with Crippen LogP contribution in [0.4, 0.5) is 4.39 Å². The molecule has 0 saturated heterocycles. The first kappa shape index (κ1) is 15.9. The van der Waals surface area contributed by atoms with E-state index < -0.39 is 0 Å². The molecule has 1 N–H and O–H groups in total. The summed E-state index contributed by atoms with van der Waals surface area (Å²) in [6.45, 7) is 7.16. The number of amides is 1. The van der Waals surface area contributed by atoms with Gasteiger partial charge in [-0.1, -0.05) is 20.8 Å². The van der Waals surface area contributed by atoms with Crippen LogP contribution in [0.15, 0.2) is 28.7 Å². The van der Waals surface area contributed by atoms with Crippen molar-refractivity contribution in [2.75, 3.05) is 6.54 Å². The highest BCUT2D eigenvalue weighted by Crippen LogP contribution is 2.28. The molecule has 1 aromatic carbocycles. The van der Waals surface area contributed by atoms with Crippen LogP contribution in [0.3, 0.4) is 0 Å². The lowest BCUT2D eigenvalue weighted by molar-refractivity contribution is 0.0722. The zero-order chi connectivity index (χ0) is 17.8. The van der Waals surface area contributed by atoms with Crippen LogP contribution >= 0.6 is 0 Å². The average Bonchev–Trinajstić information content (AvgIpc) is 3.16. The number of carbonyl (C=O) groups excluding carboxylic acids is 1. The fourth-order valence-corrected chi connectivity index (χ4v) is 3.08. The zero-order valence-corrected chi connectivity index (χ0v) is 14.5. The van der Waals surface area contributed by atoms with Gasteiger partial charge in [-0.05, 0) is 24.3 Å². The van der Waals surface area contributed by atoms with Crippen LogP contribution in [0.25, 0.3) is 10.9 Å². The fourth-order valence-electron chi connectivity index (χ4n) is 3.08. The fraction of sp³-hybridized carbons (Fsp3) is 0.368. The van der Waals surface area contributed by atoms with Crippen LogP contribution in [-0.4, -0.2) is 27.3 Å². The molecule has 25 heavy (non-hydrogen) atoms. The van der Waals surface area contributed by atoms with Gasteiger partial charge in [0.1, 0.15) is 23.0 Å². The molecule has 0 atom stereocenters. The molecule has 0 fully saturated rings. The molecule has 2 aromatic heterocycles. The van der Waals surface area contributed by atoms with Gasteiger partial charge < -0.3 is 14.3 Å². The Morgan fingerprint density at radius 3 is 2.88 bits per heavy atom. The average molecular weight is 341 g/mol. The van der Waals surface area contributed by atoms with Gasteiger partial charge in [-0.3, -0.25) is 4.79 Å². The number of aromatic nitrogens is 2. The number of hydrogen-bond acceptors (Lipinski definition) is 3. The number of oxazole rings is 1. The third kappa shape index (κ3) is 2.81. The molecule has 0 saturated carbocycles. The van der Waals surface area contributed by atoms with Gasteiger partial charge in [0, 0.05) is 29.3 Å². The number of nitrogens with zero attached hydrogens (tertiary/aromatic N) is 2. The normalized spacial score (nSPS) is 14.8. The van der Waals surface area contributed by atoms with Crippen LogP contribution < -0.4 is 0 Å². The van der Waals surface area contributed by atoms with E-state index in [0.29, 0.717) is 36.5 Å². The highest BCUT2D eigenvalue weighted by molar-refractivity contribution is 5.98. The zero-order valence-electron chi connectivity index (χ0n) is 14.5. The molecule has 4 rings (SSSR count). The molecule has 6 heteroatoms. The Morgan fingerprint density at radius 2 is 2.12 bits per heavy atom. The minimum Gasteiger partial charge on any atom is -0.445 e. The van der Waals surface area contributed by atoms with Crippen LogP contribution in [0.2, 0.25) is 0 Å². The largest absolute Gasteiger partial charge is 0.445 e. The van der Waals surface area contributed by atoms with Crippen molar-refractivity contribution in [1.29, 1.82) is 0 Å². The predicted octanol–water partition coefficient (Wildman–Crippen LogP) is 3.79. The van der Waals surface area contributed by atoms with E-state index in [1.807, 2.05) is 0 Å². The Balaban J connectivity index is 1.59. The highest BCUT2D eigenvalue weighted by Gasteiger charge is 2.30. The van der Waals surface area contributed by atoms with Gasteiger partial charge in [0.25, 0.3) is 5.91 Å². The van der Waals surface area contributed by atoms with E-state index in [4.69, 9.17) is 4.42 Å². The summed E-state index contributed by atoms with van der Waals surface area (Å²) in [5, 5.41) is 0.692. The molecule has 0 spiro atoms. The first-order valence-electron chi connectivity index (χ1n) is 8.38. The van der Waals surface area contributed by atoms with Crippen LogP contribution in [0, 0.1) is 5.82 Å². The van der Waals surface area contributed by atoms with Crippen molar-refractivity contribution in [3.8, 4) is 0 Å². The summed E-state index contributed by atoms with van der Waals surface area (Å²) in [6.07, 6.45) is 0.652. The smallest absolute Gasteiger partial charge is 0.270 e. The molecular formula is C19H20FN3O2. The monoisotopic (exact) mass is 341 g/mol. The molecule has 0 aliphatic carbocycles. The van der Waals surface area contributed by atoms with E-state index in [0.717, 1.165) is 17.0 Å². The van der Waals surface area contributed by atoms with Crippen LogP contribution in [0.5, 0.6) is 0 Å². The lowest BCUT2D eigenvalue weighted by Gasteiger charge is -2.24. The summed E-state index contributed by atoms with van der Waals surface area (Å²) in [4.78, 5) is 22.2. The highest BCUT2D eigenvalue weighted by atomic mass is 19.1. The van der Waals surface area contributed by atoms with Crippen LogP contribution in [-0.2, 0) is 18.4 Å². The second-order valence-corrected chi connectivity index (χ2v) is 7.53. The quantitative estimate of drug-likeness (QED) is 0.732. The minimum absolute atomic E-state index is 0.109. The van der Waals surface area contributed by atoms with E-state index >= 15 is 0 Å². The molecule has 0 radical (unpaired) electrons. The van der Waals surface area contributed by atoms with Crippen molar-refractivity contribution in [3.05, 3.63) is 53.1 Å². The number of fused-ring (bicyclic) bond motifs is 2.